The standard InChI is InChI=1S/C26H10Br4F4/c27-19-3-13-7-25(33)23(31)5-11(13)1-15(19)17-9-22(30)18(10-21(17)29)16-2-12-6-24(32)26(34)8-14(12)4-20(16)28/h1-10H. The number of benzene rings is 5. The molecule has 8 heteroatoms. The molecule has 0 saturated carbocycles. The molecule has 0 heterocycles. The summed E-state index contributed by atoms with van der Waals surface area (Å²) in [5.41, 5.74) is 3.21. The van der Waals surface area contributed by atoms with Crippen LogP contribution in [0.25, 0.3) is 43.8 Å². The van der Waals surface area contributed by atoms with Gasteiger partial charge in [-0.1, -0.05) is 63.7 Å². The molecule has 0 aliphatic carbocycles. The zero-order valence-electron chi connectivity index (χ0n) is 16.8. The smallest absolute Gasteiger partial charge is 0.159 e. The first-order valence-electron chi connectivity index (χ1n) is 9.79. The minimum absolute atomic E-state index is 0.565. The van der Waals surface area contributed by atoms with Crippen molar-refractivity contribution in [3.63, 3.8) is 0 Å². The maximum absolute atomic E-state index is 13.8. The van der Waals surface area contributed by atoms with E-state index in [9.17, 15) is 17.6 Å². The summed E-state index contributed by atoms with van der Waals surface area (Å²) in [5, 5.41) is 2.28. The Morgan fingerprint density at radius 1 is 0.324 bits per heavy atom. The molecule has 0 atom stereocenters. The van der Waals surface area contributed by atoms with Gasteiger partial charge in [0.25, 0.3) is 0 Å². The quantitative estimate of drug-likeness (QED) is 0.160. The molecule has 5 aromatic carbocycles. The van der Waals surface area contributed by atoms with Gasteiger partial charge >= 0.3 is 0 Å². The summed E-state index contributed by atoms with van der Waals surface area (Å²) < 4.78 is 57.9. The zero-order valence-corrected chi connectivity index (χ0v) is 23.1. The molecular formula is C26H10Br4F4. The van der Waals surface area contributed by atoms with Crippen molar-refractivity contribution < 1.29 is 17.6 Å². The summed E-state index contributed by atoms with van der Waals surface area (Å²) in [7, 11) is 0. The average Bonchev–Trinajstić information content (AvgIpc) is 2.77. The third-order valence-corrected chi connectivity index (χ3v) is 8.19. The van der Waals surface area contributed by atoms with E-state index in [-0.39, 0.29) is 0 Å². The first-order valence-corrected chi connectivity index (χ1v) is 13.0. The molecule has 0 nitrogen and oxygen atoms in total. The Bertz CT molecular complexity index is 1520. The molecule has 0 amide bonds. The van der Waals surface area contributed by atoms with Gasteiger partial charge in [0.15, 0.2) is 23.3 Å². The zero-order chi connectivity index (χ0) is 24.3. The molecule has 170 valence electrons. The van der Waals surface area contributed by atoms with Crippen molar-refractivity contribution in [3.8, 4) is 22.3 Å². The van der Waals surface area contributed by atoms with E-state index in [4.69, 9.17) is 0 Å². The first kappa shape index (κ1) is 24.0. The van der Waals surface area contributed by atoms with Gasteiger partial charge in [0.2, 0.25) is 0 Å². The fourth-order valence-electron chi connectivity index (χ4n) is 3.91. The van der Waals surface area contributed by atoms with Crippen LogP contribution >= 0.6 is 63.7 Å². The summed E-state index contributed by atoms with van der Waals surface area (Å²) in [5.74, 6) is -3.62. The highest BCUT2D eigenvalue weighted by molar-refractivity contribution is 9.11. The van der Waals surface area contributed by atoms with E-state index in [0.29, 0.717) is 21.5 Å². The number of rotatable bonds is 2. The molecule has 0 saturated heterocycles. The predicted octanol–water partition coefficient (Wildman–Crippen LogP) is 10.9. The Kier molecular flexibility index (Phi) is 6.38. The highest BCUT2D eigenvalue weighted by atomic mass is 79.9. The molecule has 0 aliphatic heterocycles. The molecule has 0 aromatic heterocycles. The van der Waals surface area contributed by atoms with Crippen molar-refractivity contribution in [3.05, 3.63) is 102 Å². The fourth-order valence-corrected chi connectivity index (χ4v) is 6.17. The highest BCUT2D eigenvalue weighted by Crippen LogP contribution is 2.44. The van der Waals surface area contributed by atoms with Crippen LogP contribution in [0.1, 0.15) is 0 Å². The van der Waals surface area contributed by atoms with Gasteiger partial charge < -0.3 is 0 Å². The van der Waals surface area contributed by atoms with Crippen LogP contribution in [0, 0.1) is 23.3 Å². The molecule has 34 heavy (non-hydrogen) atoms. The molecule has 0 spiro atoms. The van der Waals surface area contributed by atoms with Gasteiger partial charge in [-0.3, -0.25) is 0 Å². The Labute approximate surface area is 225 Å². The Hall–Kier alpha value is -1.74. The maximum atomic E-state index is 13.8. The van der Waals surface area contributed by atoms with Crippen molar-refractivity contribution in [2.75, 3.05) is 0 Å². The van der Waals surface area contributed by atoms with Gasteiger partial charge in [-0.15, -0.1) is 0 Å². The van der Waals surface area contributed by atoms with E-state index in [1.807, 2.05) is 12.1 Å². The second kappa shape index (κ2) is 9.04. The second-order valence-electron chi connectivity index (χ2n) is 7.70. The SMILES string of the molecule is Fc1cc2cc(Br)c(-c3cc(Br)c(-c4cc5cc(F)c(F)cc5cc4Br)cc3Br)cc2cc1F. The van der Waals surface area contributed by atoms with Crippen LogP contribution in [0.5, 0.6) is 0 Å². The lowest BCUT2D eigenvalue weighted by Crippen LogP contribution is -1.91. The maximum Gasteiger partial charge on any atom is 0.159 e. The van der Waals surface area contributed by atoms with Crippen molar-refractivity contribution in [2.45, 2.75) is 0 Å². The van der Waals surface area contributed by atoms with Gasteiger partial charge in [-0.2, -0.15) is 0 Å². The van der Waals surface area contributed by atoms with E-state index >= 15 is 0 Å². The normalized spacial score (nSPS) is 11.5. The Morgan fingerprint density at radius 2 is 0.559 bits per heavy atom. The largest absolute Gasteiger partial charge is 0.204 e. The molecule has 5 rings (SSSR count). The van der Waals surface area contributed by atoms with Crippen LogP contribution in [-0.2, 0) is 0 Å². The van der Waals surface area contributed by atoms with Crippen LogP contribution in [0.15, 0.2) is 78.6 Å². The predicted molar refractivity (Wildman–Crippen MR) is 143 cm³/mol. The van der Waals surface area contributed by atoms with E-state index < -0.39 is 23.3 Å². The Morgan fingerprint density at radius 3 is 0.882 bits per heavy atom. The van der Waals surface area contributed by atoms with E-state index in [2.05, 4.69) is 63.7 Å². The van der Waals surface area contributed by atoms with Crippen LogP contribution in [0.4, 0.5) is 17.6 Å². The summed E-state index contributed by atoms with van der Waals surface area (Å²) in [6.07, 6.45) is 0. The third-order valence-electron chi connectivity index (χ3n) is 5.57. The van der Waals surface area contributed by atoms with E-state index in [0.717, 1.165) is 40.1 Å². The highest BCUT2D eigenvalue weighted by Gasteiger charge is 2.17. The minimum Gasteiger partial charge on any atom is -0.204 e. The third kappa shape index (κ3) is 4.23. The monoisotopic (exact) mass is 714 g/mol. The van der Waals surface area contributed by atoms with Crippen molar-refractivity contribution in [1.29, 1.82) is 0 Å². The summed E-state index contributed by atoms with van der Waals surface area (Å²) in [6.45, 7) is 0. The van der Waals surface area contributed by atoms with Crippen LogP contribution in [-0.4, -0.2) is 0 Å². The Balaban J connectivity index is 1.67. The lowest BCUT2D eigenvalue weighted by atomic mass is 9.97. The van der Waals surface area contributed by atoms with Crippen molar-refractivity contribution in [1.82, 2.24) is 0 Å². The van der Waals surface area contributed by atoms with Gasteiger partial charge in [0.1, 0.15) is 0 Å². The van der Waals surface area contributed by atoms with Gasteiger partial charge in [-0.25, -0.2) is 17.6 Å². The topological polar surface area (TPSA) is 0 Å². The first-order chi connectivity index (χ1) is 16.1. The molecule has 0 radical (unpaired) electrons. The summed E-state index contributed by atoms with van der Waals surface area (Å²) in [6, 6.07) is 15.6. The number of fused-ring (bicyclic) bond motifs is 2. The molecule has 0 fully saturated rings. The average molecular weight is 718 g/mol. The van der Waals surface area contributed by atoms with Crippen LogP contribution < -0.4 is 0 Å². The molecule has 0 aliphatic rings. The van der Waals surface area contributed by atoms with E-state index in [1.165, 1.54) is 24.3 Å². The second-order valence-corrected chi connectivity index (χ2v) is 11.1. The van der Waals surface area contributed by atoms with Gasteiger partial charge in [0, 0.05) is 17.9 Å². The lowest BCUT2D eigenvalue weighted by molar-refractivity contribution is 0.511. The fraction of sp³-hybridized carbons (Fsp3) is 0. The number of hydrogen-bond donors (Lipinski definition) is 0. The van der Waals surface area contributed by atoms with Gasteiger partial charge in [0.05, 0.1) is 0 Å². The van der Waals surface area contributed by atoms with Gasteiger partial charge in [-0.05, 0) is 104 Å². The summed E-state index contributed by atoms with van der Waals surface area (Å²) in [4.78, 5) is 0. The summed E-state index contributed by atoms with van der Waals surface area (Å²) >= 11 is 14.4. The van der Waals surface area contributed by atoms with E-state index in [1.54, 1.807) is 24.3 Å². The lowest BCUT2D eigenvalue weighted by Gasteiger charge is -2.15. The number of halogens is 8. The van der Waals surface area contributed by atoms with Crippen molar-refractivity contribution in [2.24, 2.45) is 0 Å². The van der Waals surface area contributed by atoms with Crippen LogP contribution in [0.3, 0.4) is 0 Å². The minimum atomic E-state index is -0.908. The number of hydrogen-bond acceptors (Lipinski definition) is 0. The molecule has 0 N–H and O–H groups in total. The van der Waals surface area contributed by atoms with Crippen molar-refractivity contribution >= 4 is 85.3 Å². The van der Waals surface area contributed by atoms with Crippen LogP contribution in [0.2, 0.25) is 0 Å². The molecule has 0 unspecified atom stereocenters. The molecule has 5 aromatic rings. The molecular weight excluding hydrogens is 708 g/mol. The molecule has 0 bridgehead atoms.